The molecule has 1 aromatic carbocycles. The molecule has 3 aliphatic carbocycles. The van der Waals surface area contributed by atoms with Crippen molar-refractivity contribution in [1.82, 2.24) is 4.90 Å². The molecule has 0 amide bonds. The number of rotatable bonds is 2. The smallest absolute Gasteiger partial charge is 0.299 e. The van der Waals surface area contributed by atoms with E-state index in [-0.39, 0.29) is 17.3 Å². The quantitative estimate of drug-likeness (QED) is 0.781. The third-order valence-corrected chi connectivity index (χ3v) is 6.67. The van der Waals surface area contributed by atoms with Gasteiger partial charge in [-0.3, -0.25) is 9.69 Å². The minimum absolute atomic E-state index is 0.0903. The van der Waals surface area contributed by atoms with Gasteiger partial charge in [-0.25, -0.2) is 0 Å². The highest BCUT2D eigenvalue weighted by Gasteiger charge is 2.68. The molecule has 0 aromatic heterocycles. The molecule has 4 rings (SSSR count). The van der Waals surface area contributed by atoms with Crippen molar-refractivity contribution in [3.8, 4) is 0 Å². The Bertz CT molecular complexity index is 766. The topological polar surface area (TPSA) is 20.3 Å². The molecule has 0 saturated heterocycles. The zero-order valence-electron chi connectivity index (χ0n) is 14.5. The first-order valence-electron chi connectivity index (χ1n) is 8.84. The molecule has 2 saturated carbocycles. The number of carbonyl (C=O) groups is 1. The first-order valence-corrected chi connectivity index (χ1v) is 8.84. The summed E-state index contributed by atoms with van der Waals surface area (Å²) in [5.74, 6) is 0.298. The molecule has 0 N–H and O–H groups in total. The van der Waals surface area contributed by atoms with Gasteiger partial charge in [0, 0.05) is 6.42 Å². The second kappa shape index (κ2) is 5.19. The number of nitrogens with zero attached hydrogens (tertiary/aromatic N) is 1. The molecule has 0 radical (unpaired) electrons. The van der Waals surface area contributed by atoms with Crippen LogP contribution < -0.4 is 0 Å². The van der Waals surface area contributed by atoms with E-state index in [0.717, 1.165) is 31.7 Å². The fourth-order valence-corrected chi connectivity index (χ4v) is 5.63. The van der Waals surface area contributed by atoms with Crippen LogP contribution in [0.4, 0.5) is 13.2 Å². The Morgan fingerprint density at radius 1 is 1.16 bits per heavy atom. The van der Waals surface area contributed by atoms with E-state index in [1.807, 2.05) is 25.1 Å². The highest BCUT2D eigenvalue weighted by atomic mass is 19.4. The van der Waals surface area contributed by atoms with Crippen LogP contribution in [0.2, 0.25) is 0 Å². The van der Waals surface area contributed by atoms with E-state index in [4.69, 9.17) is 0 Å². The van der Waals surface area contributed by atoms with Crippen molar-refractivity contribution in [2.75, 3.05) is 14.1 Å². The second-order valence-electron chi connectivity index (χ2n) is 7.86. The van der Waals surface area contributed by atoms with Crippen LogP contribution in [0.3, 0.4) is 0 Å². The lowest BCUT2D eigenvalue weighted by Gasteiger charge is -2.43. The molecular formula is C20H22F3NO. The second-order valence-corrected chi connectivity index (χ2v) is 7.86. The summed E-state index contributed by atoms with van der Waals surface area (Å²) < 4.78 is 40.8. The summed E-state index contributed by atoms with van der Waals surface area (Å²) in [4.78, 5) is 14.9. The Labute approximate surface area is 145 Å². The Morgan fingerprint density at radius 2 is 1.88 bits per heavy atom. The summed E-state index contributed by atoms with van der Waals surface area (Å²) in [6.45, 7) is 0. The Morgan fingerprint density at radius 3 is 2.56 bits per heavy atom. The largest absolute Gasteiger partial charge is 0.416 e. The van der Waals surface area contributed by atoms with Gasteiger partial charge < -0.3 is 0 Å². The molecule has 1 aromatic rings. The van der Waals surface area contributed by atoms with Crippen LogP contribution in [-0.2, 0) is 11.0 Å². The van der Waals surface area contributed by atoms with Gasteiger partial charge in [0.15, 0.2) is 0 Å². The summed E-state index contributed by atoms with van der Waals surface area (Å²) in [6, 6.07) is 5.80. The van der Waals surface area contributed by atoms with Gasteiger partial charge in [0.25, 0.3) is 0 Å². The Hall–Kier alpha value is -1.62. The fraction of sp³-hybridized carbons (Fsp3) is 0.550. The van der Waals surface area contributed by atoms with Gasteiger partial charge in [-0.1, -0.05) is 37.1 Å². The van der Waals surface area contributed by atoms with Crippen LogP contribution >= 0.6 is 0 Å². The molecule has 2 fully saturated rings. The normalized spacial score (nSPS) is 34.4. The lowest BCUT2D eigenvalue weighted by molar-refractivity contribution is -0.137. The number of likely N-dealkylation sites (N-methyl/N-ethyl adjacent to an activating group) is 1. The van der Waals surface area contributed by atoms with E-state index >= 15 is 0 Å². The monoisotopic (exact) mass is 349 g/mol. The van der Waals surface area contributed by atoms with Crippen molar-refractivity contribution in [2.24, 2.45) is 11.3 Å². The number of halogens is 3. The van der Waals surface area contributed by atoms with E-state index in [9.17, 15) is 18.0 Å². The van der Waals surface area contributed by atoms with Gasteiger partial charge in [0.05, 0.1) is 16.5 Å². The maximum atomic E-state index is 13.6. The van der Waals surface area contributed by atoms with Crippen molar-refractivity contribution in [3.63, 3.8) is 0 Å². The standard InChI is InChI=1S/C20H22F3NO/c1-24(2)19-12-17(25)18(10-6-5-9-16(18)19)11-15(19)13-7-3-4-8-14(13)20(21,22)23/h3-4,7-8,11,16H,5-6,9-10,12H2,1-2H3/t16-,18-,19-/m0/s1. The van der Waals surface area contributed by atoms with Crippen molar-refractivity contribution in [2.45, 2.75) is 43.8 Å². The molecular weight excluding hydrogens is 327 g/mol. The highest BCUT2D eigenvalue weighted by Crippen LogP contribution is 2.67. The molecule has 0 unspecified atom stereocenters. The molecule has 3 aliphatic rings. The molecule has 25 heavy (non-hydrogen) atoms. The van der Waals surface area contributed by atoms with E-state index < -0.39 is 22.7 Å². The van der Waals surface area contributed by atoms with Gasteiger partial charge in [-0.2, -0.15) is 13.2 Å². The predicted octanol–water partition coefficient (Wildman–Crippen LogP) is 4.55. The molecule has 0 aliphatic heterocycles. The number of hydrogen-bond acceptors (Lipinski definition) is 2. The maximum Gasteiger partial charge on any atom is 0.416 e. The molecule has 2 nitrogen and oxygen atoms in total. The summed E-state index contributed by atoms with van der Waals surface area (Å²) in [6.07, 6.45) is 1.51. The van der Waals surface area contributed by atoms with Crippen molar-refractivity contribution in [3.05, 3.63) is 41.5 Å². The molecule has 0 heterocycles. The lowest BCUT2D eigenvalue weighted by Crippen LogP contribution is -2.48. The zero-order valence-corrected chi connectivity index (χ0v) is 14.5. The van der Waals surface area contributed by atoms with Crippen LogP contribution in [0.15, 0.2) is 30.3 Å². The predicted molar refractivity (Wildman–Crippen MR) is 89.9 cm³/mol. The Kier molecular flexibility index (Phi) is 3.50. The number of Topliss-reactive ketones (excluding diaryl/α,β-unsaturated/α-hetero) is 1. The summed E-state index contributed by atoms with van der Waals surface area (Å²) in [5, 5.41) is 0. The molecule has 0 spiro atoms. The summed E-state index contributed by atoms with van der Waals surface area (Å²) >= 11 is 0. The minimum Gasteiger partial charge on any atom is -0.299 e. The van der Waals surface area contributed by atoms with Crippen LogP contribution in [0.5, 0.6) is 0 Å². The summed E-state index contributed by atoms with van der Waals surface area (Å²) in [5.41, 5.74) is -0.826. The first kappa shape index (κ1) is 16.8. The van der Waals surface area contributed by atoms with Crippen LogP contribution in [-0.4, -0.2) is 30.3 Å². The first-order chi connectivity index (χ1) is 11.7. The Balaban J connectivity index is 1.96. The number of alkyl halides is 3. The van der Waals surface area contributed by atoms with E-state index in [2.05, 4.69) is 0 Å². The average molecular weight is 349 g/mol. The van der Waals surface area contributed by atoms with Gasteiger partial charge in [-0.05, 0) is 50.1 Å². The highest BCUT2D eigenvalue weighted by molar-refractivity contribution is 6.02. The molecule has 134 valence electrons. The lowest BCUT2D eigenvalue weighted by atomic mass is 9.68. The van der Waals surface area contributed by atoms with E-state index in [1.165, 1.54) is 6.07 Å². The SMILES string of the molecule is CN(C)[C@@]12CC(=O)[C@]3(C=C1c1ccccc1C(F)(F)F)CCCC[C@@H]32. The van der Waals surface area contributed by atoms with Gasteiger partial charge in [-0.15, -0.1) is 0 Å². The number of ketones is 1. The average Bonchev–Trinajstić information content (AvgIpc) is 3.00. The van der Waals surface area contributed by atoms with Crippen LogP contribution in [0, 0.1) is 11.3 Å². The number of hydrogen-bond donors (Lipinski definition) is 0. The number of allylic oxidation sites excluding steroid dienone is 1. The minimum atomic E-state index is -4.40. The summed E-state index contributed by atoms with van der Waals surface area (Å²) in [7, 11) is 3.79. The van der Waals surface area contributed by atoms with Crippen LogP contribution in [0.25, 0.3) is 5.57 Å². The number of benzene rings is 1. The van der Waals surface area contributed by atoms with Gasteiger partial charge >= 0.3 is 6.18 Å². The van der Waals surface area contributed by atoms with Crippen molar-refractivity contribution in [1.29, 1.82) is 0 Å². The third-order valence-electron chi connectivity index (χ3n) is 6.67. The van der Waals surface area contributed by atoms with Crippen molar-refractivity contribution < 1.29 is 18.0 Å². The van der Waals surface area contributed by atoms with E-state index in [1.54, 1.807) is 12.1 Å². The van der Waals surface area contributed by atoms with Gasteiger partial charge in [0.1, 0.15) is 5.78 Å². The molecule has 5 heteroatoms. The van der Waals surface area contributed by atoms with E-state index in [0.29, 0.717) is 12.0 Å². The number of carbonyl (C=O) groups excluding carboxylic acids is 1. The van der Waals surface area contributed by atoms with Crippen molar-refractivity contribution >= 4 is 11.4 Å². The van der Waals surface area contributed by atoms with Crippen LogP contribution in [0.1, 0.15) is 43.2 Å². The fourth-order valence-electron chi connectivity index (χ4n) is 5.63. The zero-order chi connectivity index (χ0) is 18.0. The molecule has 3 atom stereocenters. The third kappa shape index (κ3) is 2.05. The molecule has 2 bridgehead atoms. The van der Waals surface area contributed by atoms with Gasteiger partial charge in [0.2, 0.25) is 0 Å². The maximum absolute atomic E-state index is 13.6.